The van der Waals surface area contributed by atoms with E-state index in [1.54, 1.807) is 0 Å². The topological polar surface area (TPSA) is 66.5 Å². The molecule has 0 aromatic carbocycles. The minimum atomic E-state index is -3.71. The lowest BCUT2D eigenvalue weighted by Gasteiger charge is -2.20. The molecule has 0 bridgehead atoms. The minimum absolute atomic E-state index is 0.135. The highest BCUT2D eigenvalue weighted by Gasteiger charge is 2.28. The van der Waals surface area contributed by atoms with E-state index in [4.69, 9.17) is 11.6 Å². The van der Waals surface area contributed by atoms with Crippen molar-refractivity contribution in [1.29, 1.82) is 0 Å². The van der Waals surface area contributed by atoms with Gasteiger partial charge in [-0.15, -0.1) is 11.3 Å². The Morgan fingerprint density at radius 1 is 1.43 bits per heavy atom. The standard InChI is InChI=1S/C12H18BrClN2O3S2/c1-3-5-15-10(17)8-16(6-4-2)21(18,19)11-7-9(14)12(13)20-11/h7H,3-6,8H2,1-2H3,(H,15,17). The summed E-state index contributed by atoms with van der Waals surface area (Å²) in [7, 11) is -3.71. The summed E-state index contributed by atoms with van der Waals surface area (Å²) in [5.41, 5.74) is 0. The number of carbonyl (C=O) groups excluding carboxylic acids is 1. The van der Waals surface area contributed by atoms with E-state index in [1.165, 1.54) is 10.4 Å². The maximum absolute atomic E-state index is 12.6. The molecule has 0 fully saturated rings. The van der Waals surface area contributed by atoms with E-state index in [0.29, 0.717) is 21.8 Å². The molecule has 0 aliphatic carbocycles. The van der Waals surface area contributed by atoms with Crippen molar-refractivity contribution in [3.8, 4) is 0 Å². The lowest BCUT2D eigenvalue weighted by Crippen LogP contribution is -2.41. The number of hydrogen-bond acceptors (Lipinski definition) is 4. The van der Waals surface area contributed by atoms with Gasteiger partial charge in [0.25, 0.3) is 10.0 Å². The zero-order valence-corrected chi connectivity index (χ0v) is 15.8. The molecule has 1 aromatic rings. The first-order valence-electron chi connectivity index (χ1n) is 6.54. The minimum Gasteiger partial charge on any atom is -0.355 e. The van der Waals surface area contributed by atoms with E-state index in [9.17, 15) is 13.2 Å². The Hall–Kier alpha value is -0.150. The average molecular weight is 418 g/mol. The number of sulfonamides is 1. The summed E-state index contributed by atoms with van der Waals surface area (Å²) in [6, 6.07) is 1.40. The molecule has 0 aliphatic heterocycles. The zero-order chi connectivity index (χ0) is 16.0. The number of carbonyl (C=O) groups is 1. The van der Waals surface area contributed by atoms with Crippen LogP contribution >= 0.6 is 38.9 Å². The van der Waals surface area contributed by atoms with Gasteiger partial charge in [0.05, 0.1) is 15.4 Å². The number of nitrogens with one attached hydrogen (secondary N) is 1. The highest BCUT2D eigenvalue weighted by Crippen LogP contribution is 2.35. The van der Waals surface area contributed by atoms with Gasteiger partial charge in [-0.05, 0) is 34.8 Å². The molecular formula is C12H18BrClN2O3S2. The van der Waals surface area contributed by atoms with E-state index in [1.807, 2.05) is 13.8 Å². The van der Waals surface area contributed by atoms with Crippen LogP contribution in [0.4, 0.5) is 0 Å². The summed E-state index contributed by atoms with van der Waals surface area (Å²) in [6.45, 7) is 4.45. The number of hydrogen-bond donors (Lipinski definition) is 1. The molecule has 9 heteroatoms. The second kappa shape index (κ2) is 8.47. The zero-order valence-electron chi connectivity index (χ0n) is 11.9. The van der Waals surface area contributed by atoms with E-state index < -0.39 is 10.0 Å². The van der Waals surface area contributed by atoms with Crippen LogP contribution in [0.3, 0.4) is 0 Å². The summed E-state index contributed by atoms with van der Waals surface area (Å²) >= 11 is 10.1. The van der Waals surface area contributed by atoms with Gasteiger partial charge in [-0.3, -0.25) is 4.79 Å². The Morgan fingerprint density at radius 2 is 2.10 bits per heavy atom. The molecule has 1 heterocycles. The molecule has 1 aromatic heterocycles. The molecule has 0 saturated carbocycles. The quantitative estimate of drug-likeness (QED) is 0.707. The van der Waals surface area contributed by atoms with Gasteiger partial charge in [0.1, 0.15) is 4.21 Å². The summed E-state index contributed by atoms with van der Waals surface area (Å²) in [6.07, 6.45) is 1.43. The summed E-state index contributed by atoms with van der Waals surface area (Å²) < 4.78 is 27.0. The molecule has 0 unspecified atom stereocenters. The lowest BCUT2D eigenvalue weighted by molar-refractivity contribution is -0.121. The van der Waals surface area contributed by atoms with Crippen LogP contribution in [0, 0.1) is 0 Å². The first kappa shape index (κ1) is 18.9. The largest absolute Gasteiger partial charge is 0.355 e. The van der Waals surface area contributed by atoms with Gasteiger partial charge in [0, 0.05) is 13.1 Å². The monoisotopic (exact) mass is 416 g/mol. The molecule has 120 valence electrons. The van der Waals surface area contributed by atoms with Crippen molar-refractivity contribution >= 4 is 54.8 Å². The number of nitrogens with zero attached hydrogens (tertiary/aromatic N) is 1. The summed E-state index contributed by atoms with van der Waals surface area (Å²) in [4.78, 5) is 11.8. The molecule has 0 atom stereocenters. The van der Waals surface area contributed by atoms with Crippen molar-refractivity contribution in [2.75, 3.05) is 19.6 Å². The van der Waals surface area contributed by atoms with Gasteiger partial charge < -0.3 is 5.32 Å². The van der Waals surface area contributed by atoms with Crippen LogP contribution in [-0.2, 0) is 14.8 Å². The van der Waals surface area contributed by atoms with Crippen molar-refractivity contribution < 1.29 is 13.2 Å². The van der Waals surface area contributed by atoms with Gasteiger partial charge in [-0.1, -0.05) is 25.4 Å². The first-order chi connectivity index (χ1) is 9.82. The fraction of sp³-hybridized carbons (Fsp3) is 0.583. The smallest absolute Gasteiger partial charge is 0.253 e. The molecule has 0 radical (unpaired) electrons. The highest BCUT2D eigenvalue weighted by atomic mass is 79.9. The van der Waals surface area contributed by atoms with Crippen LogP contribution in [0.25, 0.3) is 0 Å². The number of amides is 1. The van der Waals surface area contributed by atoms with Crippen molar-refractivity contribution in [2.45, 2.75) is 30.9 Å². The third kappa shape index (κ3) is 5.21. The Kier molecular flexibility index (Phi) is 7.63. The van der Waals surface area contributed by atoms with Crippen LogP contribution in [0.5, 0.6) is 0 Å². The first-order valence-corrected chi connectivity index (χ1v) is 9.97. The van der Waals surface area contributed by atoms with E-state index in [0.717, 1.165) is 17.8 Å². The number of halogens is 2. The predicted octanol–water partition coefficient (Wildman–Crippen LogP) is 3.09. The molecule has 1 N–H and O–H groups in total. The van der Waals surface area contributed by atoms with Crippen LogP contribution < -0.4 is 5.32 Å². The normalized spacial score (nSPS) is 11.9. The maximum Gasteiger partial charge on any atom is 0.253 e. The predicted molar refractivity (Wildman–Crippen MR) is 89.4 cm³/mol. The second-order valence-electron chi connectivity index (χ2n) is 4.38. The Labute approximate surface area is 142 Å². The van der Waals surface area contributed by atoms with Crippen LogP contribution in [0.2, 0.25) is 5.02 Å². The highest BCUT2D eigenvalue weighted by molar-refractivity contribution is 9.11. The van der Waals surface area contributed by atoms with Crippen molar-refractivity contribution in [3.63, 3.8) is 0 Å². The van der Waals surface area contributed by atoms with Gasteiger partial charge in [0.15, 0.2) is 0 Å². The summed E-state index contributed by atoms with van der Waals surface area (Å²) in [5, 5.41) is 3.04. The average Bonchev–Trinajstić information content (AvgIpc) is 2.76. The Balaban J connectivity index is 2.95. The van der Waals surface area contributed by atoms with Gasteiger partial charge >= 0.3 is 0 Å². The van der Waals surface area contributed by atoms with E-state index >= 15 is 0 Å². The third-order valence-electron chi connectivity index (χ3n) is 2.58. The number of thiophene rings is 1. The van der Waals surface area contributed by atoms with E-state index in [-0.39, 0.29) is 23.2 Å². The third-order valence-corrected chi connectivity index (χ3v) is 7.35. The Morgan fingerprint density at radius 3 is 2.57 bits per heavy atom. The van der Waals surface area contributed by atoms with Crippen LogP contribution in [0.15, 0.2) is 14.1 Å². The SMILES string of the molecule is CCCNC(=O)CN(CCC)S(=O)(=O)c1cc(Cl)c(Br)s1. The summed E-state index contributed by atoms with van der Waals surface area (Å²) in [5.74, 6) is -0.296. The van der Waals surface area contributed by atoms with Crippen molar-refractivity contribution in [3.05, 3.63) is 14.9 Å². The van der Waals surface area contributed by atoms with Gasteiger partial charge in [-0.25, -0.2) is 8.42 Å². The van der Waals surface area contributed by atoms with Gasteiger partial charge in [-0.2, -0.15) is 4.31 Å². The molecule has 1 amide bonds. The molecule has 0 aliphatic rings. The fourth-order valence-corrected chi connectivity index (χ4v) is 5.64. The van der Waals surface area contributed by atoms with Gasteiger partial charge in [0.2, 0.25) is 5.91 Å². The lowest BCUT2D eigenvalue weighted by atomic mass is 10.4. The van der Waals surface area contributed by atoms with E-state index in [2.05, 4.69) is 21.2 Å². The maximum atomic E-state index is 12.6. The number of rotatable bonds is 8. The Bertz CT molecular complexity index is 570. The molecule has 0 saturated heterocycles. The molecule has 0 spiro atoms. The molecule has 21 heavy (non-hydrogen) atoms. The molecule has 1 rings (SSSR count). The second-order valence-corrected chi connectivity index (χ2v) is 9.32. The van der Waals surface area contributed by atoms with Crippen LogP contribution in [-0.4, -0.2) is 38.3 Å². The molecular weight excluding hydrogens is 400 g/mol. The molecule has 5 nitrogen and oxygen atoms in total. The van der Waals surface area contributed by atoms with Crippen molar-refractivity contribution in [1.82, 2.24) is 9.62 Å². The van der Waals surface area contributed by atoms with Crippen LogP contribution in [0.1, 0.15) is 26.7 Å². The fourth-order valence-electron chi connectivity index (χ4n) is 1.60. The van der Waals surface area contributed by atoms with Crippen molar-refractivity contribution in [2.24, 2.45) is 0 Å².